The van der Waals surface area contributed by atoms with Crippen molar-refractivity contribution in [3.8, 4) is 0 Å². The highest BCUT2D eigenvalue weighted by atomic mass is 16.4. The number of hydrogen-bond donors (Lipinski definition) is 1. The number of rotatable bonds is 1. The third kappa shape index (κ3) is 0.943. The first-order valence-corrected chi connectivity index (χ1v) is 5.39. The van der Waals surface area contributed by atoms with Crippen LogP contribution in [-0.4, -0.2) is 11.1 Å². The molecule has 0 saturated heterocycles. The van der Waals surface area contributed by atoms with E-state index in [2.05, 4.69) is 20.8 Å². The van der Waals surface area contributed by atoms with Gasteiger partial charge in [0.25, 0.3) is 0 Å². The maximum atomic E-state index is 11.5. The Balaban J connectivity index is 2.44. The number of hydrogen-bond acceptors (Lipinski definition) is 1. The maximum Gasteiger partial charge on any atom is 0.310 e. The lowest BCUT2D eigenvalue weighted by molar-refractivity contribution is -0.152. The highest BCUT2D eigenvalue weighted by Crippen LogP contribution is 2.59. The molecule has 1 saturated carbocycles. The van der Waals surface area contributed by atoms with Crippen LogP contribution in [0.25, 0.3) is 0 Å². The lowest BCUT2D eigenvalue weighted by Crippen LogP contribution is -2.36. The molecule has 3 atom stereocenters. The van der Waals surface area contributed by atoms with Crippen LogP contribution in [0.4, 0.5) is 0 Å². The zero-order valence-corrected chi connectivity index (χ0v) is 9.13. The van der Waals surface area contributed by atoms with E-state index in [9.17, 15) is 9.90 Å². The highest BCUT2D eigenvalue weighted by Gasteiger charge is 2.57. The van der Waals surface area contributed by atoms with E-state index >= 15 is 0 Å². The fourth-order valence-corrected chi connectivity index (χ4v) is 3.49. The Bertz CT molecular complexity index is 316. The summed E-state index contributed by atoms with van der Waals surface area (Å²) in [5, 5.41) is 9.45. The van der Waals surface area contributed by atoms with Crippen LogP contribution in [0, 0.1) is 17.3 Å². The van der Waals surface area contributed by atoms with Crippen molar-refractivity contribution >= 4 is 5.97 Å². The number of carbonyl (C=O) groups is 1. The van der Waals surface area contributed by atoms with Crippen molar-refractivity contribution in [1.29, 1.82) is 0 Å². The Labute approximate surface area is 85.0 Å². The van der Waals surface area contributed by atoms with Gasteiger partial charge in [0.05, 0.1) is 5.41 Å². The molecule has 2 nitrogen and oxygen atoms in total. The summed E-state index contributed by atoms with van der Waals surface area (Å²) in [5.41, 5.74) is 2.20. The van der Waals surface area contributed by atoms with Gasteiger partial charge >= 0.3 is 5.97 Å². The molecular weight excluding hydrogens is 176 g/mol. The summed E-state index contributed by atoms with van der Waals surface area (Å²) in [6.45, 7) is 6.30. The summed E-state index contributed by atoms with van der Waals surface area (Å²) in [6.07, 6.45) is 2.91. The molecule has 1 N–H and O–H groups in total. The van der Waals surface area contributed by atoms with E-state index in [0.717, 1.165) is 19.3 Å². The van der Waals surface area contributed by atoms with Gasteiger partial charge in [-0.1, -0.05) is 18.1 Å². The minimum atomic E-state index is -0.580. The van der Waals surface area contributed by atoms with Crippen molar-refractivity contribution in [1.82, 2.24) is 0 Å². The largest absolute Gasteiger partial charge is 0.481 e. The fourth-order valence-electron chi connectivity index (χ4n) is 3.49. The van der Waals surface area contributed by atoms with Gasteiger partial charge in [-0.25, -0.2) is 0 Å². The van der Waals surface area contributed by atoms with Crippen molar-refractivity contribution in [2.75, 3.05) is 0 Å². The van der Waals surface area contributed by atoms with Crippen LogP contribution in [0.15, 0.2) is 11.1 Å². The van der Waals surface area contributed by atoms with Crippen molar-refractivity contribution in [2.45, 2.75) is 40.0 Å². The molecule has 14 heavy (non-hydrogen) atoms. The second-order valence-corrected chi connectivity index (χ2v) is 5.02. The van der Waals surface area contributed by atoms with Gasteiger partial charge in [0, 0.05) is 0 Å². The Morgan fingerprint density at radius 3 is 2.57 bits per heavy atom. The average molecular weight is 194 g/mol. The van der Waals surface area contributed by atoms with E-state index in [1.807, 2.05) is 0 Å². The smallest absolute Gasteiger partial charge is 0.310 e. The van der Waals surface area contributed by atoms with E-state index in [4.69, 9.17) is 0 Å². The Kier molecular flexibility index (Phi) is 1.98. The predicted octanol–water partition coefficient (Wildman–Crippen LogP) is 2.84. The lowest BCUT2D eigenvalue weighted by atomic mass is 9.72. The molecule has 0 radical (unpaired) electrons. The standard InChI is InChI=1S/C12H18O2/c1-7-6-12(11(13)14)8(2)4-5-10(12)9(7)3/h8,10H,4-6H2,1-3H3,(H,13,14). The number of carboxylic acid groups (broad SMARTS) is 1. The SMILES string of the molecule is CC1=C(C)C2CCC(C)C2(C(=O)O)C1. The molecule has 3 unspecified atom stereocenters. The van der Waals surface area contributed by atoms with Crippen LogP contribution in [-0.2, 0) is 4.79 Å². The minimum absolute atomic E-state index is 0.315. The lowest BCUT2D eigenvalue weighted by Gasteiger charge is -2.30. The third-order valence-corrected chi connectivity index (χ3v) is 4.54. The van der Waals surface area contributed by atoms with Crippen molar-refractivity contribution in [3.63, 3.8) is 0 Å². The number of allylic oxidation sites excluding steroid dienone is 2. The van der Waals surface area contributed by atoms with Crippen molar-refractivity contribution in [3.05, 3.63) is 11.1 Å². The molecule has 78 valence electrons. The first-order valence-electron chi connectivity index (χ1n) is 5.39. The molecule has 0 aromatic carbocycles. The molecule has 0 aromatic heterocycles. The molecule has 0 bridgehead atoms. The molecule has 0 aliphatic heterocycles. The topological polar surface area (TPSA) is 37.3 Å². The van der Waals surface area contributed by atoms with Gasteiger partial charge < -0.3 is 5.11 Å². The molecule has 1 fully saturated rings. The first kappa shape index (κ1) is 9.75. The van der Waals surface area contributed by atoms with Gasteiger partial charge in [-0.2, -0.15) is 0 Å². The van der Waals surface area contributed by atoms with Crippen LogP contribution in [0.1, 0.15) is 40.0 Å². The van der Waals surface area contributed by atoms with Gasteiger partial charge in [-0.15, -0.1) is 0 Å². The van der Waals surface area contributed by atoms with E-state index < -0.39 is 11.4 Å². The second kappa shape index (κ2) is 2.85. The van der Waals surface area contributed by atoms with Crippen LogP contribution < -0.4 is 0 Å². The molecule has 2 rings (SSSR count). The third-order valence-electron chi connectivity index (χ3n) is 4.54. The van der Waals surface area contributed by atoms with Gasteiger partial charge in [0.2, 0.25) is 0 Å². The first-order chi connectivity index (χ1) is 6.50. The van der Waals surface area contributed by atoms with Gasteiger partial charge in [0.15, 0.2) is 0 Å². The van der Waals surface area contributed by atoms with E-state index in [1.54, 1.807) is 0 Å². The van der Waals surface area contributed by atoms with E-state index in [1.165, 1.54) is 11.1 Å². The van der Waals surface area contributed by atoms with Crippen LogP contribution in [0.2, 0.25) is 0 Å². The van der Waals surface area contributed by atoms with Crippen LogP contribution in [0.5, 0.6) is 0 Å². The zero-order chi connectivity index (χ0) is 10.5. The summed E-state index contributed by atoms with van der Waals surface area (Å²) in [7, 11) is 0. The van der Waals surface area contributed by atoms with Crippen molar-refractivity contribution < 1.29 is 9.90 Å². The van der Waals surface area contributed by atoms with Gasteiger partial charge in [-0.05, 0) is 44.9 Å². The molecular formula is C12H18O2. The number of fused-ring (bicyclic) bond motifs is 1. The molecule has 0 spiro atoms. The normalized spacial score (nSPS) is 41.6. The minimum Gasteiger partial charge on any atom is -0.481 e. The van der Waals surface area contributed by atoms with Crippen LogP contribution in [0.3, 0.4) is 0 Å². The highest BCUT2D eigenvalue weighted by molar-refractivity contribution is 5.78. The summed E-state index contributed by atoms with van der Waals surface area (Å²) in [6, 6.07) is 0. The maximum absolute atomic E-state index is 11.5. The second-order valence-electron chi connectivity index (χ2n) is 5.02. The Morgan fingerprint density at radius 1 is 1.43 bits per heavy atom. The van der Waals surface area contributed by atoms with E-state index in [0.29, 0.717) is 11.8 Å². The molecule has 0 amide bonds. The predicted molar refractivity (Wildman–Crippen MR) is 54.9 cm³/mol. The molecule has 2 aliphatic rings. The Morgan fingerprint density at radius 2 is 2.07 bits per heavy atom. The summed E-state index contributed by atoms with van der Waals surface area (Å²) in [5.74, 6) is 0.0658. The molecule has 2 heteroatoms. The fraction of sp³-hybridized carbons (Fsp3) is 0.750. The van der Waals surface area contributed by atoms with Gasteiger partial charge in [-0.3, -0.25) is 4.79 Å². The molecule has 0 aromatic rings. The summed E-state index contributed by atoms with van der Waals surface area (Å²) >= 11 is 0. The Hall–Kier alpha value is -0.790. The average Bonchev–Trinajstić information content (AvgIpc) is 2.55. The quantitative estimate of drug-likeness (QED) is 0.652. The molecule has 2 aliphatic carbocycles. The molecule has 0 heterocycles. The summed E-state index contributed by atoms with van der Waals surface area (Å²) in [4.78, 5) is 11.5. The van der Waals surface area contributed by atoms with Crippen molar-refractivity contribution in [2.24, 2.45) is 17.3 Å². The van der Waals surface area contributed by atoms with E-state index in [-0.39, 0.29) is 0 Å². The van der Waals surface area contributed by atoms with Gasteiger partial charge in [0.1, 0.15) is 0 Å². The van der Waals surface area contributed by atoms with Crippen LogP contribution >= 0.6 is 0 Å². The number of aliphatic carboxylic acids is 1. The summed E-state index contributed by atoms with van der Waals surface area (Å²) < 4.78 is 0. The zero-order valence-electron chi connectivity index (χ0n) is 9.13. The monoisotopic (exact) mass is 194 g/mol. The number of carboxylic acids is 1.